The fourth-order valence-corrected chi connectivity index (χ4v) is 4.72. The lowest BCUT2D eigenvalue weighted by molar-refractivity contribution is -0.168. The van der Waals surface area contributed by atoms with E-state index in [0.29, 0.717) is 18.4 Å². The topological polar surface area (TPSA) is 52.6 Å². The normalized spacial score (nSPS) is 32.0. The second-order valence-corrected chi connectivity index (χ2v) is 8.70. The van der Waals surface area contributed by atoms with E-state index in [2.05, 4.69) is 20.8 Å². The summed E-state index contributed by atoms with van der Waals surface area (Å²) in [4.78, 5) is 25.3. The largest absolute Gasteiger partial charge is 0.465 e. The van der Waals surface area contributed by atoms with Gasteiger partial charge in [0, 0.05) is 0 Å². The number of unbranched alkanes of at least 4 members (excludes halogenated alkanes) is 3. The molecule has 4 heteroatoms. The SMILES string of the molecule is CCCCCCOC(=O)C1CCCCC1C(=O)OC1CC(C)CC(C)C1. The predicted octanol–water partition coefficient (Wildman–Crippen LogP) is 5.28. The average molecular weight is 367 g/mol. The van der Waals surface area contributed by atoms with E-state index in [9.17, 15) is 9.59 Å². The molecule has 0 spiro atoms. The lowest BCUT2D eigenvalue weighted by Gasteiger charge is -2.34. The Morgan fingerprint density at radius 3 is 2.08 bits per heavy atom. The van der Waals surface area contributed by atoms with Crippen molar-refractivity contribution in [2.45, 2.75) is 97.5 Å². The monoisotopic (exact) mass is 366 g/mol. The van der Waals surface area contributed by atoms with Crippen LogP contribution < -0.4 is 0 Å². The molecule has 4 atom stereocenters. The van der Waals surface area contributed by atoms with Gasteiger partial charge in [-0.1, -0.05) is 52.9 Å². The van der Waals surface area contributed by atoms with Crippen LogP contribution in [-0.4, -0.2) is 24.6 Å². The summed E-state index contributed by atoms with van der Waals surface area (Å²) < 4.78 is 11.3. The molecule has 0 radical (unpaired) electrons. The Morgan fingerprint density at radius 1 is 0.846 bits per heavy atom. The molecule has 2 saturated carbocycles. The highest BCUT2D eigenvalue weighted by Crippen LogP contribution is 2.35. The van der Waals surface area contributed by atoms with Crippen molar-refractivity contribution >= 4 is 11.9 Å². The number of hydrogen-bond acceptors (Lipinski definition) is 4. The Morgan fingerprint density at radius 2 is 1.46 bits per heavy atom. The summed E-state index contributed by atoms with van der Waals surface area (Å²) in [7, 11) is 0. The molecule has 2 aliphatic rings. The highest BCUT2D eigenvalue weighted by molar-refractivity contribution is 5.82. The van der Waals surface area contributed by atoms with Crippen LogP contribution in [0.15, 0.2) is 0 Å². The highest BCUT2D eigenvalue weighted by atomic mass is 16.5. The highest BCUT2D eigenvalue weighted by Gasteiger charge is 2.39. The summed E-state index contributed by atoms with van der Waals surface area (Å²) in [6, 6.07) is 0. The third kappa shape index (κ3) is 6.59. The Balaban J connectivity index is 1.84. The minimum absolute atomic E-state index is 0.0221. The summed E-state index contributed by atoms with van der Waals surface area (Å²) >= 11 is 0. The molecule has 0 aromatic carbocycles. The van der Waals surface area contributed by atoms with E-state index in [1.807, 2.05) is 0 Å². The number of ether oxygens (including phenoxy) is 2. The summed E-state index contributed by atoms with van der Waals surface area (Å²) in [6.45, 7) is 7.11. The van der Waals surface area contributed by atoms with Crippen molar-refractivity contribution in [2.75, 3.05) is 6.61 Å². The lowest BCUT2D eigenvalue weighted by Crippen LogP contribution is -2.38. The third-order valence-corrected chi connectivity index (χ3v) is 6.03. The van der Waals surface area contributed by atoms with Crippen molar-refractivity contribution in [1.82, 2.24) is 0 Å². The second kappa shape index (κ2) is 10.9. The number of hydrogen-bond donors (Lipinski definition) is 0. The van der Waals surface area contributed by atoms with Gasteiger partial charge in [-0.3, -0.25) is 9.59 Å². The van der Waals surface area contributed by atoms with Crippen LogP contribution in [0.2, 0.25) is 0 Å². The maximum absolute atomic E-state index is 12.8. The Hall–Kier alpha value is -1.06. The molecular weight excluding hydrogens is 328 g/mol. The summed E-state index contributed by atoms with van der Waals surface area (Å²) in [5.41, 5.74) is 0. The van der Waals surface area contributed by atoms with E-state index in [1.54, 1.807) is 0 Å². The van der Waals surface area contributed by atoms with Crippen molar-refractivity contribution in [1.29, 1.82) is 0 Å². The molecule has 0 N–H and O–H groups in total. The minimum Gasteiger partial charge on any atom is -0.465 e. The van der Waals surface area contributed by atoms with Gasteiger partial charge in [-0.15, -0.1) is 0 Å². The minimum atomic E-state index is -0.306. The molecule has 0 amide bonds. The van der Waals surface area contributed by atoms with Crippen LogP contribution >= 0.6 is 0 Å². The smallest absolute Gasteiger partial charge is 0.310 e. The van der Waals surface area contributed by atoms with Crippen molar-refractivity contribution in [3.8, 4) is 0 Å². The van der Waals surface area contributed by atoms with E-state index < -0.39 is 0 Å². The van der Waals surface area contributed by atoms with Crippen molar-refractivity contribution in [3.05, 3.63) is 0 Å². The van der Waals surface area contributed by atoms with E-state index in [4.69, 9.17) is 9.47 Å². The number of carbonyl (C=O) groups excluding carboxylic acids is 2. The van der Waals surface area contributed by atoms with Crippen molar-refractivity contribution in [2.24, 2.45) is 23.7 Å². The van der Waals surface area contributed by atoms with Gasteiger partial charge < -0.3 is 9.47 Å². The van der Waals surface area contributed by atoms with E-state index in [0.717, 1.165) is 51.4 Å². The molecule has 0 aromatic rings. The molecule has 2 rings (SSSR count). The van der Waals surface area contributed by atoms with Gasteiger partial charge in [0.25, 0.3) is 0 Å². The van der Waals surface area contributed by atoms with Crippen molar-refractivity contribution < 1.29 is 19.1 Å². The molecule has 0 heterocycles. The number of rotatable bonds is 8. The fraction of sp³-hybridized carbons (Fsp3) is 0.909. The molecule has 0 saturated heterocycles. The first kappa shape index (κ1) is 21.2. The molecular formula is C22H38O4. The van der Waals surface area contributed by atoms with E-state index in [1.165, 1.54) is 19.3 Å². The zero-order valence-electron chi connectivity index (χ0n) is 17.0. The second-order valence-electron chi connectivity index (χ2n) is 8.70. The van der Waals surface area contributed by atoms with Crippen molar-refractivity contribution in [3.63, 3.8) is 0 Å². The lowest BCUT2D eigenvalue weighted by atomic mass is 9.78. The van der Waals surface area contributed by atoms with Gasteiger partial charge in [-0.2, -0.15) is 0 Å². The third-order valence-electron chi connectivity index (χ3n) is 6.03. The van der Waals surface area contributed by atoms with Crippen LogP contribution in [0.3, 0.4) is 0 Å². The zero-order valence-corrected chi connectivity index (χ0v) is 17.0. The zero-order chi connectivity index (χ0) is 18.9. The van der Waals surface area contributed by atoms with Crippen LogP contribution in [0.4, 0.5) is 0 Å². The molecule has 26 heavy (non-hydrogen) atoms. The van der Waals surface area contributed by atoms with Crippen LogP contribution in [0, 0.1) is 23.7 Å². The van der Waals surface area contributed by atoms with Gasteiger partial charge in [-0.05, 0) is 50.4 Å². The predicted molar refractivity (Wildman–Crippen MR) is 103 cm³/mol. The molecule has 0 bridgehead atoms. The average Bonchev–Trinajstić information content (AvgIpc) is 2.60. The van der Waals surface area contributed by atoms with Gasteiger partial charge >= 0.3 is 11.9 Å². The van der Waals surface area contributed by atoms with Crippen LogP contribution in [0.25, 0.3) is 0 Å². The Labute approximate surface area is 159 Å². The molecule has 2 aliphatic carbocycles. The van der Waals surface area contributed by atoms with Crippen LogP contribution in [-0.2, 0) is 19.1 Å². The van der Waals surface area contributed by atoms with E-state index >= 15 is 0 Å². The summed E-state index contributed by atoms with van der Waals surface area (Å²) in [5, 5.41) is 0. The fourth-order valence-electron chi connectivity index (χ4n) is 4.72. The van der Waals surface area contributed by atoms with Gasteiger partial charge in [-0.25, -0.2) is 0 Å². The molecule has 0 aliphatic heterocycles. The maximum atomic E-state index is 12.8. The van der Waals surface area contributed by atoms with Crippen LogP contribution in [0.1, 0.15) is 91.4 Å². The summed E-state index contributed by atoms with van der Waals surface area (Å²) in [6.07, 6.45) is 11.0. The Bertz CT molecular complexity index is 437. The number of esters is 2. The van der Waals surface area contributed by atoms with E-state index in [-0.39, 0.29) is 29.9 Å². The van der Waals surface area contributed by atoms with Crippen LogP contribution in [0.5, 0.6) is 0 Å². The molecule has 0 aromatic heterocycles. The number of carbonyl (C=O) groups is 2. The Kier molecular flexibility index (Phi) is 8.94. The maximum Gasteiger partial charge on any atom is 0.310 e. The standard InChI is InChI=1S/C22H38O4/c1-4-5-6-9-12-25-21(23)19-10-7-8-11-20(19)22(24)26-18-14-16(2)13-17(3)15-18/h16-20H,4-15H2,1-3H3. The van der Waals surface area contributed by atoms with Gasteiger partial charge in [0.15, 0.2) is 0 Å². The summed E-state index contributed by atoms with van der Waals surface area (Å²) in [5.74, 6) is 0.247. The molecule has 4 nitrogen and oxygen atoms in total. The van der Waals surface area contributed by atoms with Gasteiger partial charge in [0.2, 0.25) is 0 Å². The first-order chi connectivity index (χ1) is 12.5. The molecule has 4 unspecified atom stereocenters. The molecule has 150 valence electrons. The van der Waals surface area contributed by atoms with Gasteiger partial charge in [0.05, 0.1) is 18.4 Å². The first-order valence-corrected chi connectivity index (χ1v) is 10.9. The van der Waals surface area contributed by atoms with Gasteiger partial charge in [0.1, 0.15) is 6.10 Å². The first-order valence-electron chi connectivity index (χ1n) is 10.9. The quantitative estimate of drug-likeness (QED) is 0.433. The molecule has 2 fully saturated rings.